The highest BCUT2D eigenvalue weighted by Crippen LogP contribution is 2.38. The summed E-state index contributed by atoms with van der Waals surface area (Å²) in [5.41, 5.74) is 2.75. The molecule has 8 heteroatoms. The van der Waals surface area contributed by atoms with Crippen molar-refractivity contribution < 1.29 is 22.7 Å². The lowest BCUT2D eigenvalue weighted by molar-refractivity contribution is -0.129. The Balaban J connectivity index is 1.45. The van der Waals surface area contributed by atoms with E-state index >= 15 is 0 Å². The van der Waals surface area contributed by atoms with Crippen LogP contribution in [0.15, 0.2) is 36.4 Å². The Bertz CT molecular complexity index is 1020. The van der Waals surface area contributed by atoms with Gasteiger partial charge in [0.25, 0.3) is 0 Å². The smallest absolute Gasteiger partial charge is 0.238 e. The molecule has 0 spiro atoms. The molecular weight excluding hydrogens is 402 g/mol. The molecule has 148 valence electrons. The van der Waals surface area contributed by atoms with Crippen LogP contribution in [-0.4, -0.2) is 44.7 Å². The Morgan fingerprint density at radius 3 is 2.68 bits per heavy atom. The molecule has 4 rings (SSSR count). The zero-order chi connectivity index (χ0) is 19.7. The van der Waals surface area contributed by atoms with Crippen molar-refractivity contribution in [1.82, 2.24) is 4.90 Å². The molecule has 0 aliphatic carbocycles. The molecule has 0 fully saturated rings. The van der Waals surface area contributed by atoms with Gasteiger partial charge in [-0.2, -0.15) is 0 Å². The fraction of sp³-hybridized carbons (Fsp3) is 0.350. The average molecular weight is 422 g/mol. The molecule has 0 saturated carbocycles. The molecule has 2 aliphatic rings. The van der Waals surface area contributed by atoms with Crippen molar-refractivity contribution in [2.45, 2.75) is 18.7 Å². The van der Waals surface area contributed by atoms with Gasteiger partial charge in [0.2, 0.25) is 5.91 Å². The molecule has 2 heterocycles. The molecule has 1 amide bonds. The molecule has 0 saturated heterocycles. The molecule has 0 unspecified atom stereocenters. The molecule has 2 aromatic rings. The maximum absolute atomic E-state index is 12.6. The number of halogens is 1. The van der Waals surface area contributed by atoms with E-state index in [0.717, 1.165) is 12.0 Å². The minimum Gasteiger partial charge on any atom is -0.486 e. The van der Waals surface area contributed by atoms with Crippen LogP contribution in [0.5, 0.6) is 11.5 Å². The number of amides is 1. The number of hydrogen-bond donors (Lipinski definition) is 0. The molecule has 28 heavy (non-hydrogen) atoms. The van der Waals surface area contributed by atoms with Crippen LogP contribution in [0.25, 0.3) is 0 Å². The molecule has 0 bridgehead atoms. The zero-order valence-electron chi connectivity index (χ0n) is 15.2. The first-order valence-electron chi connectivity index (χ1n) is 9.04. The highest BCUT2D eigenvalue weighted by atomic mass is 35.5. The second-order valence-electron chi connectivity index (χ2n) is 6.97. The first kappa shape index (κ1) is 19.1. The monoisotopic (exact) mass is 421 g/mol. The van der Waals surface area contributed by atoms with Crippen molar-refractivity contribution in [3.63, 3.8) is 0 Å². The second kappa shape index (κ2) is 7.64. The van der Waals surface area contributed by atoms with Crippen molar-refractivity contribution in [2.24, 2.45) is 0 Å². The van der Waals surface area contributed by atoms with E-state index < -0.39 is 15.6 Å². The van der Waals surface area contributed by atoms with Gasteiger partial charge in [-0.05, 0) is 35.2 Å². The van der Waals surface area contributed by atoms with E-state index in [2.05, 4.69) is 0 Å². The van der Waals surface area contributed by atoms with Crippen molar-refractivity contribution in [3.05, 3.63) is 58.1 Å². The Morgan fingerprint density at radius 2 is 1.86 bits per heavy atom. The van der Waals surface area contributed by atoms with E-state index in [1.165, 1.54) is 5.56 Å². The molecule has 0 N–H and O–H groups in total. The summed E-state index contributed by atoms with van der Waals surface area (Å²) in [4.78, 5) is 14.2. The maximum atomic E-state index is 12.6. The zero-order valence-corrected chi connectivity index (χ0v) is 16.8. The Morgan fingerprint density at radius 1 is 1.11 bits per heavy atom. The lowest BCUT2D eigenvalue weighted by atomic mass is 10.00. The van der Waals surface area contributed by atoms with E-state index in [0.29, 0.717) is 48.4 Å². The fourth-order valence-electron chi connectivity index (χ4n) is 3.54. The Kier molecular flexibility index (Phi) is 5.21. The molecule has 2 aromatic carbocycles. The van der Waals surface area contributed by atoms with Gasteiger partial charge in [0.1, 0.15) is 19.0 Å². The SMILES string of the molecule is O=C(CS(=O)(=O)Cc1cc(Cl)c2c(c1)OCCO2)N1CCc2ccccc2C1. The quantitative estimate of drug-likeness (QED) is 0.758. The van der Waals surface area contributed by atoms with Crippen molar-refractivity contribution in [3.8, 4) is 11.5 Å². The summed E-state index contributed by atoms with van der Waals surface area (Å²) in [7, 11) is -3.65. The molecule has 6 nitrogen and oxygen atoms in total. The minimum atomic E-state index is -3.65. The number of carbonyl (C=O) groups is 1. The number of carbonyl (C=O) groups excluding carboxylic acids is 1. The van der Waals surface area contributed by atoms with E-state index in [1.54, 1.807) is 17.0 Å². The normalized spacial score (nSPS) is 15.8. The Labute approximate surface area is 168 Å². The van der Waals surface area contributed by atoms with Crippen molar-refractivity contribution in [1.29, 1.82) is 0 Å². The second-order valence-corrected chi connectivity index (χ2v) is 9.44. The standard InChI is InChI=1S/C20H20ClNO5S/c21-17-9-14(10-18-20(17)27-8-7-26-18)12-28(24,25)13-19(23)22-6-5-15-3-1-2-4-16(15)11-22/h1-4,9-10H,5-8,11-13H2. The van der Waals surface area contributed by atoms with E-state index in [9.17, 15) is 13.2 Å². The minimum absolute atomic E-state index is 0.278. The van der Waals surface area contributed by atoms with E-state index in [4.69, 9.17) is 21.1 Å². The number of benzene rings is 2. The van der Waals surface area contributed by atoms with Gasteiger partial charge in [-0.15, -0.1) is 0 Å². The summed E-state index contributed by atoms with van der Waals surface area (Å²) < 4.78 is 36.2. The van der Waals surface area contributed by atoms with Crippen LogP contribution in [0.2, 0.25) is 5.02 Å². The first-order chi connectivity index (χ1) is 13.4. The number of hydrogen-bond acceptors (Lipinski definition) is 5. The summed E-state index contributed by atoms with van der Waals surface area (Å²) in [6.45, 7) is 1.76. The van der Waals surface area contributed by atoms with Crippen molar-refractivity contribution in [2.75, 3.05) is 25.5 Å². The van der Waals surface area contributed by atoms with Gasteiger partial charge in [0, 0.05) is 13.1 Å². The predicted molar refractivity (Wildman–Crippen MR) is 105 cm³/mol. The number of rotatable bonds is 4. The van der Waals surface area contributed by atoms with Crippen LogP contribution in [0.4, 0.5) is 0 Å². The van der Waals surface area contributed by atoms with Crippen LogP contribution in [0, 0.1) is 0 Å². The van der Waals surface area contributed by atoms with Crippen LogP contribution in [-0.2, 0) is 33.4 Å². The summed E-state index contributed by atoms with van der Waals surface area (Å²) in [6, 6.07) is 11.1. The van der Waals surface area contributed by atoms with Crippen LogP contribution in [0.3, 0.4) is 0 Å². The van der Waals surface area contributed by atoms with E-state index in [1.807, 2.05) is 24.3 Å². The first-order valence-corrected chi connectivity index (χ1v) is 11.2. The third-order valence-corrected chi connectivity index (χ3v) is 6.61. The van der Waals surface area contributed by atoms with Gasteiger partial charge in [-0.25, -0.2) is 8.42 Å². The highest BCUT2D eigenvalue weighted by molar-refractivity contribution is 7.91. The lowest BCUT2D eigenvalue weighted by Crippen LogP contribution is -2.39. The summed E-state index contributed by atoms with van der Waals surface area (Å²) in [6.07, 6.45) is 0.736. The lowest BCUT2D eigenvalue weighted by Gasteiger charge is -2.28. The molecule has 2 aliphatic heterocycles. The topological polar surface area (TPSA) is 72.9 Å². The fourth-order valence-corrected chi connectivity index (χ4v) is 5.16. The summed E-state index contributed by atoms with van der Waals surface area (Å²) in [5.74, 6) is -0.320. The van der Waals surface area contributed by atoms with Gasteiger partial charge in [-0.3, -0.25) is 4.79 Å². The number of ether oxygens (including phenoxy) is 2. The number of fused-ring (bicyclic) bond motifs is 2. The molecule has 0 radical (unpaired) electrons. The van der Waals surface area contributed by atoms with Crippen LogP contribution in [0.1, 0.15) is 16.7 Å². The highest BCUT2D eigenvalue weighted by Gasteiger charge is 2.26. The van der Waals surface area contributed by atoms with Gasteiger partial charge in [-0.1, -0.05) is 35.9 Å². The van der Waals surface area contributed by atoms with E-state index in [-0.39, 0.29) is 11.7 Å². The average Bonchev–Trinajstić information content (AvgIpc) is 2.67. The van der Waals surface area contributed by atoms with Crippen LogP contribution < -0.4 is 9.47 Å². The van der Waals surface area contributed by atoms with Gasteiger partial charge in [0.15, 0.2) is 21.3 Å². The van der Waals surface area contributed by atoms with Gasteiger partial charge >= 0.3 is 0 Å². The summed E-state index contributed by atoms with van der Waals surface area (Å²) >= 11 is 6.18. The molecular formula is C20H20ClNO5S. The van der Waals surface area contributed by atoms with Crippen LogP contribution >= 0.6 is 11.6 Å². The molecule has 0 atom stereocenters. The Hall–Kier alpha value is -2.25. The maximum Gasteiger partial charge on any atom is 0.238 e. The third-order valence-electron chi connectivity index (χ3n) is 4.87. The predicted octanol–water partition coefficient (Wildman–Crippen LogP) is 2.61. The number of sulfone groups is 1. The van der Waals surface area contributed by atoms with Gasteiger partial charge < -0.3 is 14.4 Å². The third kappa shape index (κ3) is 4.10. The summed E-state index contributed by atoms with van der Waals surface area (Å²) in [5, 5.41) is 0.307. The molecule has 0 aromatic heterocycles. The van der Waals surface area contributed by atoms with Gasteiger partial charge in [0.05, 0.1) is 10.8 Å². The van der Waals surface area contributed by atoms with Crippen molar-refractivity contribution >= 4 is 27.3 Å². The number of nitrogens with zero attached hydrogens (tertiary/aromatic N) is 1. The largest absolute Gasteiger partial charge is 0.486 e.